The average molecular weight is 262 g/mol. The van der Waals surface area contributed by atoms with Crippen molar-refractivity contribution in [1.82, 2.24) is 0 Å². The smallest absolute Gasteiger partial charge is 0.237 e. The maximum atomic E-state index is 12.1. The van der Waals surface area contributed by atoms with Gasteiger partial charge >= 0.3 is 0 Å². The van der Waals surface area contributed by atoms with Gasteiger partial charge in [-0.2, -0.15) is 0 Å². The summed E-state index contributed by atoms with van der Waals surface area (Å²) in [4.78, 5) is 23.6. The lowest BCUT2D eigenvalue weighted by atomic mass is 9.91. The maximum Gasteiger partial charge on any atom is 0.237 e. The van der Waals surface area contributed by atoms with Gasteiger partial charge in [-0.3, -0.25) is 9.59 Å². The molecule has 0 aromatic heterocycles. The molecule has 5 nitrogen and oxygen atoms in total. The third-order valence-corrected chi connectivity index (χ3v) is 3.09. The highest BCUT2D eigenvalue weighted by Crippen LogP contribution is 2.45. The molecule has 0 unspecified atom stereocenters. The van der Waals surface area contributed by atoms with Crippen LogP contribution in [0.3, 0.4) is 0 Å². The number of methoxy groups -OCH3 is 3. The van der Waals surface area contributed by atoms with Gasteiger partial charge in [-0.25, -0.2) is 0 Å². The van der Waals surface area contributed by atoms with Crippen LogP contribution in [0.5, 0.6) is 17.2 Å². The molecule has 0 aliphatic heterocycles. The predicted octanol–water partition coefficient (Wildman–Crippen LogP) is 1.80. The monoisotopic (exact) mass is 262 g/mol. The first-order chi connectivity index (χ1) is 9.06. The molecule has 0 spiro atoms. The lowest BCUT2D eigenvalue weighted by Gasteiger charge is -2.21. The van der Waals surface area contributed by atoms with Crippen LogP contribution in [0.4, 0.5) is 0 Å². The van der Waals surface area contributed by atoms with E-state index in [0.717, 1.165) is 0 Å². The minimum atomic E-state index is -0.619. The van der Waals surface area contributed by atoms with E-state index >= 15 is 0 Å². The number of ketones is 2. The zero-order valence-corrected chi connectivity index (χ0v) is 11.2. The van der Waals surface area contributed by atoms with Crippen molar-refractivity contribution in [2.75, 3.05) is 21.3 Å². The van der Waals surface area contributed by atoms with Crippen LogP contribution in [-0.2, 0) is 4.79 Å². The number of allylic oxidation sites excluding steroid dienone is 1. The minimum absolute atomic E-state index is 0.189. The molecule has 100 valence electrons. The highest BCUT2D eigenvalue weighted by atomic mass is 16.5. The first kappa shape index (κ1) is 13.1. The van der Waals surface area contributed by atoms with E-state index in [1.165, 1.54) is 27.4 Å². The molecule has 0 saturated heterocycles. The van der Waals surface area contributed by atoms with Crippen molar-refractivity contribution in [2.45, 2.75) is 6.92 Å². The number of benzene rings is 1. The van der Waals surface area contributed by atoms with Gasteiger partial charge in [0.15, 0.2) is 11.5 Å². The Labute approximate surface area is 110 Å². The Morgan fingerprint density at radius 3 is 1.95 bits per heavy atom. The van der Waals surface area contributed by atoms with Crippen LogP contribution in [0.2, 0.25) is 0 Å². The second kappa shape index (κ2) is 4.76. The molecule has 0 saturated carbocycles. The van der Waals surface area contributed by atoms with E-state index in [1.54, 1.807) is 13.0 Å². The van der Waals surface area contributed by atoms with Crippen LogP contribution in [0, 0.1) is 6.92 Å². The molecule has 2 rings (SSSR count). The van der Waals surface area contributed by atoms with E-state index in [-0.39, 0.29) is 11.3 Å². The van der Waals surface area contributed by atoms with Gasteiger partial charge in [0.25, 0.3) is 0 Å². The van der Waals surface area contributed by atoms with Gasteiger partial charge in [-0.05, 0) is 19.1 Å². The van der Waals surface area contributed by atoms with Crippen LogP contribution < -0.4 is 14.2 Å². The Balaban J connectivity index is 2.91. The van der Waals surface area contributed by atoms with Crippen molar-refractivity contribution in [3.8, 4) is 17.2 Å². The fraction of sp³-hybridized carbons (Fsp3) is 0.286. The molecular weight excluding hydrogens is 248 g/mol. The number of ether oxygens (including phenoxy) is 3. The normalized spacial score (nSPS) is 13.3. The van der Waals surface area contributed by atoms with Crippen LogP contribution in [0.15, 0.2) is 6.08 Å². The third-order valence-electron chi connectivity index (χ3n) is 3.09. The topological polar surface area (TPSA) is 61.8 Å². The number of rotatable bonds is 3. The number of hydrogen-bond acceptors (Lipinski definition) is 5. The zero-order chi connectivity index (χ0) is 14.2. The SMILES string of the molecule is COc1c(C)c(OC)c(OC)c2c1C=CC(=O)C2=O. The van der Waals surface area contributed by atoms with Crippen LogP contribution in [0.1, 0.15) is 21.5 Å². The van der Waals surface area contributed by atoms with Crippen molar-refractivity contribution in [1.29, 1.82) is 0 Å². The number of Topliss-reactive ketones (excluding diaryl/α,β-unsaturated/α-hetero) is 1. The Bertz CT molecular complexity index is 599. The lowest BCUT2D eigenvalue weighted by Crippen LogP contribution is -2.19. The van der Waals surface area contributed by atoms with Crippen molar-refractivity contribution in [3.63, 3.8) is 0 Å². The number of carbonyl (C=O) groups is 2. The van der Waals surface area contributed by atoms with Crippen LogP contribution in [0.25, 0.3) is 6.08 Å². The summed E-state index contributed by atoms with van der Waals surface area (Å²) < 4.78 is 15.8. The van der Waals surface area contributed by atoms with Crippen molar-refractivity contribution in [2.24, 2.45) is 0 Å². The van der Waals surface area contributed by atoms with Gasteiger partial charge in [0.2, 0.25) is 11.6 Å². The Morgan fingerprint density at radius 1 is 0.842 bits per heavy atom. The molecule has 0 heterocycles. The van der Waals surface area contributed by atoms with Gasteiger partial charge in [-0.1, -0.05) is 0 Å². The number of carbonyl (C=O) groups excluding carboxylic acids is 2. The highest BCUT2D eigenvalue weighted by Gasteiger charge is 2.32. The van der Waals surface area contributed by atoms with E-state index < -0.39 is 11.6 Å². The average Bonchev–Trinajstić information content (AvgIpc) is 2.41. The van der Waals surface area contributed by atoms with E-state index in [0.29, 0.717) is 22.6 Å². The summed E-state index contributed by atoms with van der Waals surface area (Å²) in [5, 5.41) is 0. The minimum Gasteiger partial charge on any atom is -0.496 e. The molecule has 1 aliphatic rings. The van der Waals surface area contributed by atoms with E-state index in [1.807, 2.05) is 0 Å². The molecule has 0 amide bonds. The molecule has 1 aromatic rings. The molecule has 1 aliphatic carbocycles. The summed E-state index contributed by atoms with van der Waals surface area (Å²) in [7, 11) is 4.41. The van der Waals surface area contributed by atoms with Crippen molar-refractivity contribution >= 4 is 17.6 Å². The largest absolute Gasteiger partial charge is 0.496 e. The Kier molecular flexibility index (Phi) is 3.29. The Morgan fingerprint density at radius 2 is 1.42 bits per heavy atom. The number of hydrogen-bond donors (Lipinski definition) is 0. The van der Waals surface area contributed by atoms with Gasteiger partial charge in [0.1, 0.15) is 5.75 Å². The second-order valence-corrected chi connectivity index (χ2v) is 4.04. The summed E-state index contributed by atoms with van der Waals surface area (Å²) >= 11 is 0. The molecule has 5 heteroatoms. The van der Waals surface area contributed by atoms with Gasteiger partial charge in [-0.15, -0.1) is 0 Å². The maximum absolute atomic E-state index is 12.1. The van der Waals surface area contributed by atoms with Crippen molar-refractivity contribution in [3.05, 3.63) is 22.8 Å². The molecule has 0 N–H and O–H groups in total. The third kappa shape index (κ3) is 1.78. The van der Waals surface area contributed by atoms with Crippen LogP contribution >= 0.6 is 0 Å². The summed E-state index contributed by atoms with van der Waals surface area (Å²) in [6.07, 6.45) is 2.80. The lowest BCUT2D eigenvalue weighted by molar-refractivity contribution is -0.110. The van der Waals surface area contributed by atoms with Crippen molar-refractivity contribution < 1.29 is 23.8 Å². The number of fused-ring (bicyclic) bond motifs is 1. The van der Waals surface area contributed by atoms with Gasteiger partial charge in [0, 0.05) is 11.1 Å². The first-order valence-electron chi connectivity index (χ1n) is 5.66. The summed E-state index contributed by atoms with van der Waals surface area (Å²) in [5.41, 5.74) is 1.45. The molecule has 19 heavy (non-hydrogen) atoms. The summed E-state index contributed by atoms with van der Waals surface area (Å²) in [6, 6.07) is 0. The zero-order valence-electron chi connectivity index (χ0n) is 11.2. The first-order valence-corrected chi connectivity index (χ1v) is 5.66. The standard InChI is InChI=1S/C14H14O5/c1-7-12(17-2)8-5-6-9(15)11(16)10(8)14(19-4)13(7)18-3/h5-6H,1-4H3. The molecule has 0 radical (unpaired) electrons. The summed E-state index contributed by atoms with van der Waals surface area (Å²) in [6.45, 7) is 1.80. The van der Waals surface area contributed by atoms with Gasteiger partial charge < -0.3 is 14.2 Å². The Hall–Kier alpha value is -2.30. The second-order valence-electron chi connectivity index (χ2n) is 4.04. The molecule has 0 fully saturated rings. The van der Waals surface area contributed by atoms with E-state index in [4.69, 9.17) is 14.2 Å². The molecular formula is C14H14O5. The quantitative estimate of drug-likeness (QED) is 0.777. The van der Waals surface area contributed by atoms with Gasteiger partial charge in [0.05, 0.1) is 26.9 Å². The molecule has 1 aromatic carbocycles. The highest BCUT2D eigenvalue weighted by molar-refractivity contribution is 6.50. The van der Waals surface area contributed by atoms with Crippen LogP contribution in [-0.4, -0.2) is 32.9 Å². The fourth-order valence-corrected chi connectivity index (χ4v) is 2.27. The van der Waals surface area contributed by atoms with E-state index in [9.17, 15) is 9.59 Å². The molecule has 0 bridgehead atoms. The fourth-order valence-electron chi connectivity index (χ4n) is 2.27. The molecule has 0 atom stereocenters. The van der Waals surface area contributed by atoms with E-state index in [2.05, 4.69) is 0 Å². The predicted molar refractivity (Wildman–Crippen MR) is 69.2 cm³/mol. The summed E-state index contributed by atoms with van der Waals surface area (Å²) in [5.74, 6) is -0.0393.